The minimum atomic E-state index is -0.502. The number of hydrogen-bond donors (Lipinski definition) is 0. The smallest absolute Gasteiger partial charge is 0.282 e. The van der Waals surface area contributed by atoms with E-state index in [4.69, 9.17) is 21.3 Å². The zero-order valence-electron chi connectivity index (χ0n) is 25.8. The summed E-state index contributed by atoms with van der Waals surface area (Å²) in [5.41, 5.74) is 4.55. The Morgan fingerprint density at radius 2 is 2.05 bits per heavy atom. The first kappa shape index (κ1) is 30.6. The molecule has 4 heterocycles. The molecule has 1 saturated carbocycles. The molecule has 2 aliphatic heterocycles. The molecular weight excluding hydrogens is 581 g/mol. The predicted molar refractivity (Wildman–Crippen MR) is 168 cm³/mol. The molecule has 0 N–H and O–H groups in total. The maximum Gasteiger partial charge on any atom is 0.282 e. The number of carbonyl (C=O) groups is 1. The first-order valence-electron chi connectivity index (χ1n) is 15.7. The second kappa shape index (κ2) is 12.9. The van der Waals surface area contributed by atoms with Crippen molar-refractivity contribution in [2.24, 2.45) is 11.3 Å². The van der Waals surface area contributed by atoms with Gasteiger partial charge in [-0.05, 0) is 94.3 Å². The van der Waals surface area contributed by atoms with Gasteiger partial charge in [-0.25, -0.2) is 9.37 Å². The summed E-state index contributed by atoms with van der Waals surface area (Å²) in [7, 11) is 0. The highest BCUT2D eigenvalue weighted by atomic mass is 35.5. The van der Waals surface area contributed by atoms with Crippen molar-refractivity contribution in [1.82, 2.24) is 30.0 Å². The monoisotopic (exact) mass is 621 g/mol. The van der Waals surface area contributed by atoms with E-state index in [0.29, 0.717) is 24.2 Å². The molecule has 3 aromatic rings. The predicted octanol–water partition coefficient (Wildman–Crippen LogP) is 5.51. The SMILES string of the molecule is CCN(C(=O)c1cc(F)ccc1Oc1nncnc1N1CC2(CC(Cc3ccnc4c3CN(CCCCl)CC4)C2)C1)C(C)C. The van der Waals surface area contributed by atoms with Crippen LogP contribution in [0.4, 0.5) is 10.2 Å². The number of pyridine rings is 1. The van der Waals surface area contributed by atoms with Gasteiger partial charge in [0.2, 0.25) is 0 Å². The van der Waals surface area contributed by atoms with Gasteiger partial charge < -0.3 is 14.5 Å². The number of nitrogens with zero attached hydrogens (tertiary/aromatic N) is 7. The van der Waals surface area contributed by atoms with Crippen LogP contribution in [0.25, 0.3) is 0 Å². The van der Waals surface area contributed by atoms with Crippen molar-refractivity contribution in [3.63, 3.8) is 0 Å². The summed E-state index contributed by atoms with van der Waals surface area (Å²) in [6.07, 6.45) is 8.85. The molecule has 2 aromatic heterocycles. The number of aromatic nitrogens is 4. The molecule has 0 bridgehead atoms. The Hall–Kier alpha value is -3.37. The van der Waals surface area contributed by atoms with Gasteiger partial charge in [-0.3, -0.25) is 14.7 Å². The number of carbonyl (C=O) groups excluding carboxylic acids is 1. The Morgan fingerprint density at radius 1 is 1.23 bits per heavy atom. The summed E-state index contributed by atoms with van der Waals surface area (Å²) in [6.45, 7) is 11.1. The molecule has 44 heavy (non-hydrogen) atoms. The van der Waals surface area contributed by atoms with E-state index in [0.717, 1.165) is 52.0 Å². The largest absolute Gasteiger partial charge is 0.434 e. The molecule has 234 valence electrons. The summed E-state index contributed by atoms with van der Waals surface area (Å²) >= 11 is 5.95. The van der Waals surface area contributed by atoms with Crippen LogP contribution >= 0.6 is 11.6 Å². The lowest BCUT2D eigenvalue weighted by molar-refractivity contribution is 0.0229. The molecular formula is C33H41ClFN7O2. The fourth-order valence-corrected chi connectivity index (χ4v) is 7.43. The highest BCUT2D eigenvalue weighted by Gasteiger charge is 2.53. The van der Waals surface area contributed by atoms with Crippen molar-refractivity contribution in [2.45, 2.75) is 65.5 Å². The molecule has 1 spiro atoms. The maximum atomic E-state index is 14.2. The normalized spacial score (nSPS) is 17.7. The number of hydrogen-bond acceptors (Lipinski definition) is 8. The van der Waals surface area contributed by atoms with E-state index < -0.39 is 5.82 Å². The summed E-state index contributed by atoms with van der Waals surface area (Å²) < 4.78 is 20.4. The molecule has 1 aromatic carbocycles. The van der Waals surface area contributed by atoms with Crippen molar-refractivity contribution in [1.29, 1.82) is 0 Å². The number of alkyl halides is 1. The van der Waals surface area contributed by atoms with Gasteiger partial charge in [0, 0.05) is 68.4 Å². The third-order valence-corrected chi connectivity index (χ3v) is 9.64. The lowest BCUT2D eigenvalue weighted by atomic mass is 9.56. The van der Waals surface area contributed by atoms with Gasteiger partial charge in [-0.2, -0.15) is 0 Å². The molecule has 1 saturated heterocycles. The van der Waals surface area contributed by atoms with Crippen molar-refractivity contribution in [3.8, 4) is 11.6 Å². The second-order valence-electron chi connectivity index (χ2n) is 12.8. The van der Waals surface area contributed by atoms with Crippen molar-refractivity contribution >= 4 is 23.3 Å². The Bertz CT molecular complexity index is 1490. The van der Waals surface area contributed by atoms with E-state index in [2.05, 4.69) is 31.0 Å². The molecule has 0 unspecified atom stereocenters. The molecule has 11 heteroatoms. The standard InChI is InChI=1S/C33H41ClFN7O2/c1-4-42(22(2)3)32(43)26-15-25(35)6-7-29(26)44-31-30(37-21-38-39-31)41-19-33(20-41)16-23(17-33)14-24-8-11-36-28-9-13-40(12-5-10-34)18-27(24)28/h6-8,11,15,21-23H,4-5,9-10,12-14,16-20H2,1-3H3. The van der Waals surface area contributed by atoms with Crippen LogP contribution in [0, 0.1) is 17.2 Å². The van der Waals surface area contributed by atoms with E-state index >= 15 is 0 Å². The summed E-state index contributed by atoms with van der Waals surface area (Å²) in [4.78, 5) is 28.8. The third kappa shape index (κ3) is 6.24. The average molecular weight is 622 g/mol. The Morgan fingerprint density at radius 3 is 2.80 bits per heavy atom. The molecule has 2 fully saturated rings. The fourth-order valence-electron chi connectivity index (χ4n) is 7.32. The van der Waals surface area contributed by atoms with E-state index in [1.165, 1.54) is 54.2 Å². The molecule has 1 aliphatic carbocycles. The van der Waals surface area contributed by atoms with Gasteiger partial charge in [-0.1, -0.05) is 0 Å². The highest BCUT2D eigenvalue weighted by Crippen LogP contribution is 2.54. The topological polar surface area (TPSA) is 87.6 Å². The van der Waals surface area contributed by atoms with Gasteiger partial charge >= 0.3 is 0 Å². The lowest BCUT2D eigenvalue weighted by Gasteiger charge is -2.59. The Labute approximate surface area is 263 Å². The number of halogens is 2. The van der Waals surface area contributed by atoms with Crippen LogP contribution in [0.5, 0.6) is 11.6 Å². The summed E-state index contributed by atoms with van der Waals surface area (Å²) in [5, 5.41) is 8.16. The number of benzene rings is 1. The van der Waals surface area contributed by atoms with Gasteiger partial charge in [0.1, 0.15) is 17.9 Å². The van der Waals surface area contributed by atoms with Crippen LogP contribution in [0.15, 0.2) is 36.8 Å². The zero-order chi connectivity index (χ0) is 30.8. The van der Waals surface area contributed by atoms with Crippen LogP contribution in [0.1, 0.15) is 67.2 Å². The van der Waals surface area contributed by atoms with Crippen LogP contribution in [0.3, 0.4) is 0 Å². The lowest BCUT2D eigenvalue weighted by Crippen LogP contribution is -2.63. The Kier molecular flexibility index (Phi) is 9.01. The number of fused-ring (bicyclic) bond motifs is 1. The van der Waals surface area contributed by atoms with Crippen LogP contribution in [-0.4, -0.2) is 80.5 Å². The Balaban J connectivity index is 1.10. The number of anilines is 1. The first-order chi connectivity index (χ1) is 21.3. The maximum absolute atomic E-state index is 14.2. The van der Waals surface area contributed by atoms with Gasteiger partial charge in [0.05, 0.1) is 5.56 Å². The average Bonchev–Trinajstić information content (AvgIpc) is 2.98. The van der Waals surface area contributed by atoms with Gasteiger partial charge in [-0.15, -0.1) is 21.8 Å². The zero-order valence-corrected chi connectivity index (χ0v) is 26.6. The van der Waals surface area contributed by atoms with Crippen LogP contribution < -0.4 is 9.64 Å². The molecule has 0 radical (unpaired) electrons. The molecule has 9 nitrogen and oxygen atoms in total. The third-order valence-electron chi connectivity index (χ3n) is 9.38. The minimum absolute atomic E-state index is 0.0410. The van der Waals surface area contributed by atoms with Crippen LogP contribution in [0.2, 0.25) is 0 Å². The van der Waals surface area contributed by atoms with E-state index in [9.17, 15) is 9.18 Å². The first-order valence-corrected chi connectivity index (χ1v) is 16.3. The van der Waals surface area contributed by atoms with Gasteiger partial charge in [0.15, 0.2) is 5.82 Å². The van der Waals surface area contributed by atoms with Gasteiger partial charge in [0.25, 0.3) is 11.8 Å². The van der Waals surface area contributed by atoms with Crippen molar-refractivity contribution in [3.05, 3.63) is 65.0 Å². The number of ether oxygens (including phenoxy) is 1. The van der Waals surface area contributed by atoms with Crippen molar-refractivity contribution < 1.29 is 13.9 Å². The molecule has 3 aliphatic rings. The molecule has 6 rings (SSSR count). The van der Waals surface area contributed by atoms with E-state index in [-0.39, 0.29) is 34.6 Å². The number of rotatable bonds is 11. The summed E-state index contributed by atoms with van der Waals surface area (Å²) in [6, 6.07) is 6.15. The van der Waals surface area contributed by atoms with E-state index in [1.807, 2.05) is 27.0 Å². The van der Waals surface area contributed by atoms with Crippen LogP contribution in [-0.2, 0) is 19.4 Å². The molecule has 0 atom stereocenters. The quantitative estimate of drug-likeness (QED) is 0.259. The fraction of sp³-hybridized carbons (Fsp3) is 0.545. The summed E-state index contributed by atoms with van der Waals surface area (Å²) in [5.74, 6) is 1.60. The molecule has 1 amide bonds. The van der Waals surface area contributed by atoms with E-state index in [1.54, 1.807) is 4.90 Å². The minimum Gasteiger partial charge on any atom is -0.434 e. The van der Waals surface area contributed by atoms with Crippen molar-refractivity contribution in [2.75, 3.05) is 43.5 Å². The second-order valence-corrected chi connectivity index (χ2v) is 13.2. The number of amides is 1. The highest BCUT2D eigenvalue weighted by molar-refractivity contribution is 6.17.